The van der Waals surface area contributed by atoms with E-state index in [9.17, 15) is 9.59 Å². The summed E-state index contributed by atoms with van der Waals surface area (Å²) in [6, 6.07) is 9.18. The average Bonchev–Trinajstić information content (AvgIpc) is 3.03. The molecule has 4 nitrogen and oxygen atoms in total. The van der Waals surface area contributed by atoms with Crippen LogP contribution in [-0.2, 0) is 16.1 Å². The van der Waals surface area contributed by atoms with Crippen molar-refractivity contribution in [1.82, 2.24) is 4.90 Å². The molecule has 3 rings (SSSR count). The van der Waals surface area contributed by atoms with E-state index >= 15 is 0 Å². The predicted molar refractivity (Wildman–Crippen MR) is 76.7 cm³/mol. The Morgan fingerprint density at radius 3 is 2.48 bits per heavy atom. The lowest BCUT2D eigenvalue weighted by Crippen LogP contribution is -2.31. The Hall–Kier alpha value is -2.15. The lowest BCUT2D eigenvalue weighted by atomic mass is 10.00. The number of nitrogens with zero attached hydrogens (tertiary/aromatic N) is 2. The minimum atomic E-state index is -0.110. The van der Waals surface area contributed by atoms with Gasteiger partial charge in [0.1, 0.15) is 0 Å². The third kappa shape index (κ3) is 2.33. The van der Waals surface area contributed by atoms with Crippen molar-refractivity contribution in [3.63, 3.8) is 0 Å². The molecular weight excluding hydrogens is 264 g/mol. The van der Waals surface area contributed by atoms with Crippen molar-refractivity contribution in [3.8, 4) is 6.07 Å². The van der Waals surface area contributed by atoms with Crippen LogP contribution in [-0.4, -0.2) is 16.7 Å². The lowest BCUT2D eigenvalue weighted by molar-refractivity contribution is -0.141. The minimum absolute atomic E-state index is 0.0247. The fraction of sp³-hybridized carbons (Fsp3) is 0.471. The van der Waals surface area contributed by atoms with Crippen LogP contribution in [0, 0.1) is 29.1 Å². The van der Waals surface area contributed by atoms with Crippen molar-refractivity contribution < 1.29 is 9.59 Å². The monoisotopic (exact) mass is 282 g/mol. The molecule has 0 spiro atoms. The van der Waals surface area contributed by atoms with Gasteiger partial charge in [-0.15, -0.1) is 0 Å². The molecule has 1 aliphatic carbocycles. The Morgan fingerprint density at radius 2 is 1.90 bits per heavy atom. The molecule has 2 fully saturated rings. The van der Waals surface area contributed by atoms with Crippen molar-refractivity contribution >= 4 is 11.8 Å². The van der Waals surface area contributed by atoms with Gasteiger partial charge in [0.15, 0.2) is 0 Å². The van der Waals surface area contributed by atoms with Gasteiger partial charge in [0.25, 0.3) is 0 Å². The number of hydrogen-bond donors (Lipinski definition) is 0. The van der Waals surface area contributed by atoms with Gasteiger partial charge in [-0.1, -0.05) is 25.5 Å². The zero-order valence-electron chi connectivity index (χ0n) is 12.1. The summed E-state index contributed by atoms with van der Waals surface area (Å²) in [7, 11) is 0. The van der Waals surface area contributed by atoms with Crippen molar-refractivity contribution in [2.45, 2.75) is 32.7 Å². The Labute approximate surface area is 124 Å². The molecule has 0 radical (unpaired) electrons. The molecule has 1 saturated carbocycles. The van der Waals surface area contributed by atoms with Crippen molar-refractivity contribution in [3.05, 3.63) is 35.4 Å². The van der Waals surface area contributed by atoms with Gasteiger partial charge >= 0.3 is 0 Å². The van der Waals surface area contributed by atoms with Crippen LogP contribution in [0.5, 0.6) is 0 Å². The molecule has 21 heavy (non-hydrogen) atoms. The largest absolute Gasteiger partial charge is 0.278 e. The van der Waals surface area contributed by atoms with E-state index in [0.717, 1.165) is 24.8 Å². The third-order valence-electron chi connectivity index (χ3n) is 4.80. The quantitative estimate of drug-likeness (QED) is 0.800. The summed E-state index contributed by atoms with van der Waals surface area (Å²) in [4.78, 5) is 26.3. The summed E-state index contributed by atoms with van der Waals surface area (Å²) in [6.07, 6.45) is 2.73. The van der Waals surface area contributed by atoms with Crippen molar-refractivity contribution in [2.24, 2.45) is 17.8 Å². The first-order valence-electron chi connectivity index (χ1n) is 7.48. The fourth-order valence-electron chi connectivity index (χ4n) is 3.61. The van der Waals surface area contributed by atoms with Crippen LogP contribution in [0.15, 0.2) is 24.3 Å². The normalized spacial score (nSPS) is 27.8. The number of imide groups is 1. The van der Waals surface area contributed by atoms with Crippen LogP contribution < -0.4 is 0 Å². The Kier molecular flexibility index (Phi) is 3.50. The molecule has 1 aliphatic heterocycles. The summed E-state index contributed by atoms with van der Waals surface area (Å²) in [6.45, 7) is 2.41. The van der Waals surface area contributed by atoms with E-state index < -0.39 is 0 Å². The highest BCUT2D eigenvalue weighted by Crippen LogP contribution is 2.44. The second-order valence-corrected chi connectivity index (χ2v) is 6.03. The zero-order valence-corrected chi connectivity index (χ0v) is 12.1. The van der Waals surface area contributed by atoms with E-state index in [1.54, 1.807) is 18.2 Å². The maximum atomic E-state index is 12.5. The van der Waals surface area contributed by atoms with Crippen LogP contribution in [0.25, 0.3) is 0 Å². The molecule has 4 heteroatoms. The number of carbonyl (C=O) groups is 2. The number of amides is 2. The Morgan fingerprint density at radius 1 is 1.24 bits per heavy atom. The van der Waals surface area contributed by atoms with Gasteiger partial charge in [-0.25, -0.2) is 0 Å². The first-order valence-corrected chi connectivity index (χ1v) is 7.48. The van der Waals surface area contributed by atoms with Gasteiger partial charge in [-0.2, -0.15) is 5.26 Å². The fourth-order valence-corrected chi connectivity index (χ4v) is 3.61. The molecule has 1 saturated heterocycles. The Bertz CT molecular complexity index is 608. The Balaban J connectivity index is 1.77. The van der Waals surface area contributed by atoms with E-state index in [4.69, 9.17) is 5.26 Å². The van der Waals surface area contributed by atoms with Gasteiger partial charge in [-0.05, 0) is 36.5 Å². The maximum Gasteiger partial charge on any atom is 0.233 e. The first-order chi connectivity index (χ1) is 10.1. The number of likely N-dealkylation sites (tertiary alicyclic amines) is 1. The molecular formula is C17H18N2O2. The van der Waals surface area contributed by atoms with E-state index in [0.29, 0.717) is 11.5 Å². The molecule has 2 atom stereocenters. The third-order valence-corrected chi connectivity index (χ3v) is 4.80. The van der Waals surface area contributed by atoms with Crippen LogP contribution in [0.3, 0.4) is 0 Å². The molecule has 2 amide bonds. The molecule has 1 heterocycles. The van der Waals surface area contributed by atoms with E-state index in [2.05, 4.69) is 13.0 Å². The second kappa shape index (κ2) is 5.33. The van der Waals surface area contributed by atoms with Gasteiger partial charge < -0.3 is 0 Å². The molecule has 1 aromatic carbocycles. The van der Waals surface area contributed by atoms with E-state index in [1.807, 2.05) is 6.07 Å². The number of carbonyl (C=O) groups excluding carboxylic acids is 2. The summed E-state index contributed by atoms with van der Waals surface area (Å²) in [5.41, 5.74) is 1.39. The molecule has 0 aromatic heterocycles. The molecule has 2 aliphatic rings. The summed E-state index contributed by atoms with van der Waals surface area (Å²) in [5.74, 6) is 0.242. The number of nitriles is 1. The van der Waals surface area contributed by atoms with Gasteiger partial charge in [0, 0.05) is 0 Å². The highest BCUT2D eigenvalue weighted by Gasteiger charge is 2.51. The molecule has 1 aromatic rings. The number of benzene rings is 1. The second-order valence-electron chi connectivity index (χ2n) is 6.03. The van der Waals surface area contributed by atoms with E-state index in [-0.39, 0.29) is 30.2 Å². The average molecular weight is 282 g/mol. The minimum Gasteiger partial charge on any atom is -0.278 e. The van der Waals surface area contributed by atoms with Crippen LogP contribution >= 0.6 is 0 Å². The van der Waals surface area contributed by atoms with Crippen molar-refractivity contribution in [1.29, 1.82) is 5.26 Å². The predicted octanol–water partition coefficient (Wildman–Crippen LogP) is 2.48. The standard InChI is InChI=1S/C17H18N2O2/c1-2-11-7-14-15(8-11)17(21)19(16(14)20)10-13-5-3-4-12(6-13)9-18/h3-6,11,14-15H,2,7-8,10H2,1H3. The van der Waals surface area contributed by atoms with Crippen LogP contribution in [0.1, 0.15) is 37.3 Å². The van der Waals surface area contributed by atoms with Crippen molar-refractivity contribution in [2.75, 3.05) is 0 Å². The highest BCUT2D eigenvalue weighted by molar-refractivity contribution is 6.05. The number of fused-ring (bicyclic) bond motifs is 1. The van der Waals surface area contributed by atoms with Gasteiger partial charge in [-0.3, -0.25) is 14.5 Å². The topological polar surface area (TPSA) is 61.2 Å². The zero-order chi connectivity index (χ0) is 15.0. The first kappa shape index (κ1) is 13.8. The van der Waals surface area contributed by atoms with Gasteiger partial charge in [0.2, 0.25) is 11.8 Å². The van der Waals surface area contributed by atoms with E-state index in [1.165, 1.54) is 4.90 Å². The SMILES string of the molecule is CCC1CC2C(=O)N(Cc3cccc(C#N)c3)C(=O)C2C1. The summed E-state index contributed by atoms with van der Waals surface area (Å²) >= 11 is 0. The lowest BCUT2D eigenvalue weighted by Gasteiger charge is -2.17. The molecule has 2 unspecified atom stereocenters. The highest BCUT2D eigenvalue weighted by atomic mass is 16.2. The number of hydrogen-bond acceptors (Lipinski definition) is 3. The maximum absolute atomic E-state index is 12.5. The molecule has 0 N–H and O–H groups in total. The smallest absolute Gasteiger partial charge is 0.233 e. The van der Waals surface area contributed by atoms with Crippen LogP contribution in [0.4, 0.5) is 0 Å². The molecule has 0 bridgehead atoms. The number of rotatable bonds is 3. The summed E-state index contributed by atoms with van der Waals surface area (Å²) in [5, 5.41) is 8.92. The summed E-state index contributed by atoms with van der Waals surface area (Å²) < 4.78 is 0. The van der Waals surface area contributed by atoms with Gasteiger partial charge in [0.05, 0.1) is 30.0 Å². The van der Waals surface area contributed by atoms with Crippen LogP contribution in [0.2, 0.25) is 0 Å². The molecule has 108 valence electrons.